The Morgan fingerprint density at radius 2 is 2.00 bits per heavy atom. The summed E-state index contributed by atoms with van der Waals surface area (Å²) in [4.78, 5) is 3.87. The summed E-state index contributed by atoms with van der Waals surface area (Å²) in [5.41, 5.74) is 8.41. The second kappa shape index (κ2) is 4.87. The van der Waals surface area contributed by atoms with Gasteiger partial charge in [0.2, 0.25) is 0 Å². The van der Waals surface area contributed by atoms with Crippen LogP contribution in [0.25, 0.3) is 11.1 Å². The van der Waals surface area contributed by atoms with Crippen molar-refractivity contribution in [2.24, 2.45) is 5.14 Å². The lowest BCUT2D eigenvalue weighted by Crippen LogP contribution is -2.23. The lowest BCUT2D eigenvalue weighted by Gasteiger charge is -2.12. The minimum Gasteiger partial charge on any atom is -0.382 e. The van der Waals surface area contributed by atoms with Crippen molar-refractivity contribution in [1.82, 2.24) is 4.98 Å². The summed E-state index contributed by atoms with van der Waals surface area (Å²) < 4.78 is 24.6. The number of rotatable bonds is 3. The fourth-order valence-corrected chi connectivity index (χ4v) is 2.28. The highest BCUT2D eigenvalue weighted by Crippen LogP contribution is 2.32. The molecule has 6 nitrogen and oxygen atoms in total. The maximum absolute atomic E-state index is 11.2. The largest absolute Gasteiger partial charge is 0.382 e. The number of hydrogen-bond acceptors (Lipinski definition) is 4. The predicted octanol–water partition coefficient (Wildman–Crippen LogP) is 1.25. The van der Waals surface area contributed by atoms with E-state index in [2.05, 4.69) is 9.71 Å². The first-order valence-corrected chi connectivity index (χ1v) is 7.03. The monoisotopic (exact) mass is 278 g/mol. The van der Waals surface area contributed by atoms with Gasteiger partial charge in [0.05, 0.1) is 5.69 Å². The standard InChI is InChI=1S/C12H14N4O2S/c1-8-3-2-4-9(7-8)10-5-6-15-12(13)11(10)16-19(14,17)18/h2-7,16H,1H3,(H2,13,15)(H2,14,17,18). The summed E-state index contributed by atoms with van der Waals surface area (Å²) in [6, 6.07) is 9.28. The third-order valence-corrected chi connectivity index (χ3v) is 3.04. The summed E-state index contributed by atoms with van der Waals surface area (Å²) in [7, 11) is -3.91. The number of nitrogens with zero attached hydrogens (tertiary/aromatic N) is 1. The third kappa shape index (κ3) is 3.21. The van der Waals surface area contributed by atoms with Gasteiger partial charge in [-0.1, -0.05) is 29.8 Å². The Morgan fingerprint density at radius 1 is 1.26 bits per heavy atom. The molecule has 0 spiro atoms. The zero-order chi connectivity index (χ0) is 14.0. The molecule has 0 amide bonds. The molecule has 0 aliphatic heterocycles. The Morgan fingerprint density at radius 3 is 2.63 bits per heavy atom. The lowest BCUT2D eigenvalue weighted by atomic mass is 10.0. The Balaban J connectivity index is 2.61. The van der Waals surface area contributed by atoms with Gasteiger partial charge in [-0.15, -0.1) is 0 Å². The third-order valence-electron chi connectivity index (χ3n) is 2.55. The maximum atomic E-state index is 11.2. The van der Waals surface area contributed by atoms with Crippen LogP contribution in [-0.2, 0) is 10.2 Å². The molecule has 0 saturated heterocycles. The molecule has 0 atom stereocenters. The van der Waals surface area contributed by atoms with Crippen molar-refractivity contribution >= 4 is 21.7 Å². The minimum atomic E-state index is -3.91. The molecule has 2 rings (SSSR count). The van der Waals surface area contributed by atoms with E-state index in [0.29, 0.717) is 5.56 Å². The zero-order valence-electron chi connectivity index (χ0n) is 10.3. The molecule has 5 N–H and O–H groups in total. The average Bonchev–Trinajstić information content (AvgIpc) is 2.30. The summed E-state index contributed by atoms with van der Waals surface area (Å²) in [5.74, 6) is 0.0769. The van der Waals surface area contributed by atoms with Gasteiger partial charge in [-0.25, -0.2) is 10.1 Å². The van der Waals surface area contributed by atoms with Crippen molar-refractivity contribution in [3.05, 3.63) is 42.1 Å². The molecule has 1 heterocycles. The van der Waals surface area contributed by atoms with Gasteiger partial charge in [-0.2, -0.15) is 8.42 Å². The van der Waals surface area contributed by atoms with Crippen LogP contribution in [0.4, 0.5) is 11.5 Å². The molecule has 0 saturated carbocycles. The maximum Gasteiger partial charge on any atom is 0.296 e. The fourth-order valence-electron chi connectivity index (χ4n) is 1.78. The Labute approximate surface area is 111 Å². The van der Waals surface area contributed by atoms with Crippen LogP contribution in [0.5, 0.6) is 0 Å². The number of aromatic nitrogens is 1. The van der Waals surface area contributed by atoms with Gasteiger partial charge in [0.1, 0.15) is 5.82 Å². The normalized spacial score (nSPS) is 11.3. The highest BCUT2D eigenvalue weighted by Gasteiger charge is 2.13. The van der Waals surface area contributed by atoms with Crippen LogP contribution in [0.3, 0.4) is 0 Å². The van der Waals surface area contributed by atoms with Crippen LogP contribution in [0.1, 0.15) is 5.56 Å². The Kier molecular flexibility index (Phi) is 3.41. The predicted molar refractivity (Wildman–Crippen MR) is 75.6 cm³/mol. The molecule has 0 radical (unpaired) electrons. The van der Waals surface area contributed by atoms with Gasteiger partial charge in [-0.05, 0) is 18.6 Å². The molecule has 100 valence electrons. The minimum absolute atomic E-state index is 0.0769. The molecule has 0 aliphatic carbocycles. The smallest absolute Gasteiger partial charge is 0.296 e. The van der Waals surface area contributed by atoms with Crippen molar-refractivity contribution in [3.63, 3.8) is 0 Å². The number of hydrogen-bond donors (Lipinski definition) is 3. The van der Waals surface area contributed by atoms with Gasteiger partial charge in [0.25, 0.3) is 10.2 Å². The van der Waals surface area contributed by atoms with Gasteiger partial charge in [0, 0.05) is 11.8 Å². The van der Waals surface area contributed by atoms with E-state index in [1.165, 1.54) is 6.20 Å². The topological polar surface area (TPSA) is 111 Å². The van der Waals surface area contributed by atoms with Gasteiger partial charge in [-0.3, -0.25) is 4.72 Å². The van der Waals surface area contributed by atoms with Gasteiger partial charge >= 0.3 is 0 Å². The van der Waals surface area contributed by atoms with Crippen molar-refractivity contribution < 1.29 is 8.42 Å². The summed E-state index contributed by atoms with van der Waals surface area (Å²) in [6.45, 7) is 1.95. The van der Waals surface area contributed by atoms with Crippen LogP contribution in [0.2, 0.25) is 0 Å². The van der Waals surface area contributed by atoms with E-state index in [9.17, 15) is 8.42 Å². The molecule has 19 heavy (non-hydrogen) atoms. The van der Waals surface area contributed by atoms with E-state index in [1.807, 2.05) is 31.2 Å². The molecular formula is C12H14N4O2S. The van der Waals surface area contributed by atoms with Crippen molar-refractivity contribution in [1.29, 1.82) is 0 Å². The SMILES string of the molecule is Cc1cccc(-c2ccnc(N)c2NS(N)(=O)=O)c1. The Bertz CT molecular complexity index is 713. The highest BCUT2D eigenvalue weighted by molar-refractivity contribution is 7.90. The van der Waals surface area contributed by atoms with E-state index in [4.69, 9.17) is 10.9 Å². The number of nitrogen functional groups attached to an aromatic ring is 1. The Hall–Kier alpha value is -2.12. The second-order valence-corrected chi connectivity index (χ2v) is 5.43. The molecular weight excluding hydrogens is 264 g/mol. The van der Waals surface area contributed by atoms with E-state index < -0.39 is 10.2 Å². The summed E-state index contributed by atoms with van der Waals surface area (Å²) in [6.07, 6.45) is 1.52. The quantitative estimate of drug-likeness (QED) is 0.784. The van der Waals surface area contributed by atoms with Gasteiger partial charge in [0.15, 0.2) is 0 Å². The lowest BCUT2D eigenvalue weighted by molar-refractivity contribution is 0.603. The van der Waals surface area contributed by atoms with Crippen LogP contribution in [0.15, 0.2) is 36.5 Å². The fraction of sp³-hybridized carbons (Fsp3) is 0.0833. The van der Waals surface area contributed by atoms with E-state index in [1.54, 1.807) is 6.07 Å². The van der Waals surface area contributed by atoms with Crippen LogP contribution in [0, 0.1) is 6.92 Å². The molecule has 0 bridgehead atoms. The van der Waals surface area contributed by atoms with E-state index in [0.717, 1.165) is 11.1 Å². The number of benzene rings is 1. The molecule has 7 heteroatoms. The van der Waals surface area contributed by atoms with Crippen molar-refractivity contribution in [2.75, 3.05) is 10.5 Å². The molecule has 0 fully saturated rings. The van der Waals surface area contributed by atoms with Crippen molar-refractivity contribution in [3.8, 4) is 11.1 Å². The molecule has 0 aliphatic rings. The second-order valence-electron chi connectivity index (χ2n) is 4.14. The van der Waals surface area contributed by atoms with Crippen LogP contribution < -0.4 is 15.6 Å². The van der Waals surface area contributed by atoms with Crippen LogP contribution in [-0.4, -0.2) is 13.4 Å². The first-order valence-electron chi connectivity index (χ1n) is 5.49. The first kappa shape index (κ1) is 13.3. The number of nitrogens with two attached hydrogens (primary N) is 2. The zero-order valence-corrected chi connectivity index (χ0v) is 11.1. The number of pyridine rings is 1. The molecule has 1 aromatic carbocycles. The summed E-state index contributed by atoms with van der Waals surface area (Å²) in [5, 5.41) is 4.99. The van der Waals surface area contributed by atoms with E-state index >= 15 is 0 Å². The van der Waals surface area contributed by atoms with Crippen molar-refractivity contribution in [2.45, 2.75) is 6.92 Å². The highest BCUT2D eigenvalue weighted by atomic mass is 32.2. The van der Waals surface area contributed by atoms with E-state index in [-0.39, 0.29) is 11.5 Å². The number of nitrogens with one attached hydrogen (secondary N) is 1. The molecule has 0 unspecified atom stereocenters. The average molecular weight is 278 g/mol. The number of anilines is 2. The van der Waals surface area contributed by atoms with Gasteiger partial charge < -0.3 is 5.73 Å². The number of aryl methyl sites for hydroxylation is 1. The molecule has 2 aromatic rings. The summed E-state index contributed by atoms with van der Waals surface area (Å²) >= 11 is 0. The molecule has 1 aromatic heterocycles. The van der Waals surface area contributed by atoms with Crippen LogP contribution >= 0.6 is 0 Å². The first-order chi connectivity index (χ1) is 8.87.